The highest BCUT2D eigenvalue weighted by Gasteiger charge is 2.21. The minimum Gasteiger partial charge on any atom is -0.495 e. The van der Waals surface area contributed by atoms with Gasteiger partial charge >= 0.3 is 0 Å². The second-order valence-electron chi connectivity index (χ2n) is 5.51. The lowest BCUT2D eigenvalue weighted by atomic mass is 10.1. The van der Waals surface area contributed by atoms with Crippen molar-refractivity contribution in [1.29, 1.82) is 0 Å². The smallest absolute Gasteiger partial charge is 0.282 e. The number of benzene rings is 2. The molecule has 1 amide bonds. The zero-order valence-corrected chi connectivity index (χ0v) is 14.3. The second kappa shape index (κ2) is 7.99. The average Bonchev–Trinajstić information content (AvgIpc) is 2.55. The van der Waals surface area contributed by atoms with Gasteiger partial charge in [-0.05, 0) is 32.0 Å². The van der Waals surface area contributed by atoms with Crippen LogP contribution in [0.25, 0.3) is 0 Å². The Bertz CT molecular complexity index is 661. The number of amides is 1. The van der Waals surface area contributed by atoms with Crippen molar-refractivity contribution >= 4 is 23.2 Å². The molecule has 2 aromatic carbocycles. The van der Waals surface area contributed by atoms with Crippen molar-refractivity contribution in [3.63, 3.8) is 0 Å². The maximum Gasteiger partial charge on any atom is 0.282 e. The van der Waals surface area contributed by atoms with E-state index in [-0.39, 0.29) is 18.0 Å². The molecule has 0 unspecified atom stereocenters. The van der Waals surface area contributed by atoms with Gasteiger partial charge in [-0.1, -0.05) is 41.9 Å². The third-order valence-electron chi connectivity index (χ3n) is 3.74. The predicted molar refractivity (Wildman–Crippen MR) is 92.9 cm³/mol. The normalized spacial score (nSPS) is 13.2. The molecule has 0 aromatic heterocycles. The molecule has 4 nitrogen and oxygen atoms in total. The minimum absolute atomic E-state index is 0.0895. The zero-order valence-electron chi connectivity index (χ0n) is 13.5. The molecule has 0 spiro atoms. The maximum atomic E-state index is 12.4. The van der Waals surface area contributed by atoms with Gasteiger partial charge in [0.1, 0.15) is 11.8 Å². The fourth-order valence-electron chi connectivity index (χ4n) is 2.41. The summed E-state index contributed by atoms with van der Waals surface area (Å²) in [7, 11) is 1.56. The number of halogens is 1. The summed E-state index contributed by atoms with van der Waals surface area (Å²) >= 11 is 5.99. The van der Waals surface area contributed by atoms with Crippen LogP contribution < -0.4 is 15.4 Å². The summed E-state index contributed by atoms with van der Waals surface area (Å²) in [6.07, 6.45) is 0. The van der Waals surface area contributed by atoms with Crippen LogP contribution in [0, 0.1) is 0 Å². The molecule has 122 valence electrons. The Morgan fingerprint density at radius 1 is 1.17 bits per heavy atom. The maximum absolute atomic E-state index is 12.4. The van der Waals surface area contributed by atoms with Gasteiger partial charge in [-0.3, -0.25) is 4.79 Å². The topological polar surface area (TPSA) is 54.9 Å². The van der Waals surface area contributed by atoms with Gasteiger partial charge in [-0.2, -0.15) is 0 Å². The lowest BCUT2D eigenvalue weighted by Gasteiger charge is -2.17. The number of nitrogens with two attached hydrogens (primary N) is 1. The molecule has 2 atom stereocenters. The summed E-state index contributed by atoms with van der Waals surface area (Å²) in [6.45, 7) is 3.96. The molecular formula is C18H22ClN2O2+. The molecule has 0 saturated heterocycles. The minimum atomic E-state index is -0.242. The van der Waals surface area contributed by atoms with E-state index >= 15 is 0 Å². The van der Waals surface area contributed by atoms with E-state index in [1.54, 1.807) is 25.3 Å². The number of hydrogen-bond donors (Lipinski definition) is 2. The van der Waals surface area contributed by atoms with Crippen LogP contribution in [0.5, 0.6) is 5.75 Å². The van der Waals surface area contributed by atoms with Crippen LogP contribution in [0.15, 0.2) is 48.5 Å². The van der Waals surface area contributed by atoms with Crippen LogP contribution in [-0.4, -0.2) is 19.1 Å². The molecule has 3 N–H and O–H groups in total. The van der Waals surface area contributed by atoms with E-state index in [0.717, 1.165) is 0 Å². The molecule has 0 saturated carbocycles. The molecule has 0 aliphatic rings. The third-order valence-corrected chi connectivity index (χ3v) is 3.97. The number of anilines is 1. The Hall–Kier alpha value is -2.04. The summed E-state index contributed by atoms with van der Waals surface area (Å²) < 4.78 is 5.25. The largest absolute Gasteiger partial charge is 0.495 e. The lowest BCUT2D eigenvalue weighted by Crippen LogP contribution is -2.91. The molecule has 2 aromatic rings. The molecular weight excluding hydrogens is 312 g/mol. The molecule has 0 bridgehead atoms. The average molecular weight is 334 g/mol. The van der Waals surface area contributed by atoms with Gasteiger partial charge in [0.2, 0.25) is 0 Å². The Labute approximate surface area is 141 Å². The number of hydrogen-bond acceptors (Lipinski definition) is 2. The standard InChI is InChI=1S/C18H21ClN2O2/c1-12(14-7-5-4-6-8-14)20-13(2)18(22)21-16-11-15(19)9-10-17(16)23-3/h4-13,20H,1-3H3,(H,21,22)/p+1/t12-,13-/m1/s1. The van der Waals surface area contributed by atoms with E-state index < -0.39 is 0 Å². The van der Waals surface area contributed by atoms with Crippen LogP contribution in [-0.2, 0) is 4.79 Å². The van der Waals surface area contributed by atoms with Gasteiger partial charge in [0, 0.05) is 10.6 Å². The third kappa shape index (κ3) is 4.71. The number of carbonyl (C=O) groups excluding carboxylic acids is 1. The van der Waals surface area contributed by atoms with Crippen molar-refractivity contribution in [2.45, 2.75) is 25.9 Å². The fourth-order valence-corrected chi connectivity index (χ4v) is 2.58. The lowest BCUT2D eigenvalue weighted by molar-refractivity contribution is -0.709. The summed E-state index contributed by atoms with van der Waals surface area (Å²) in [5, 5.41) is 5.46. The van der Waals surface area contributed by atoms with Gasteiger partial charge in [0.05, 0.1) is 12.8 Å². The predicted octanol–water partition coefficient (Wildman–Crippen LogP) is 3.00. The highest BCUT2D eigenvalue weighted by molar-refractivity contribution is 6.31. The van der Waals surface area contributed by atoms with Crippen molar-refractivity contribution in [1.82, 2.24) is 0 Å². The number of ether oxygens (including phenoxy) is 1. The highest BCUT2D eigenvalue weighted by Crippen LogP contribution is 2.27. The first-order valence-corrected chi connectivity index (χ1v) is 7.93. The van der Waals surface area contributed by atoms with E-state index in [1.807, 2.05) is 30.4 Å². The quantitative estimate of drug-likeness (QED) is 0.853. The Kier molecular flexibility index (Phi) is 6.02. The van der Waals surface area contributed by atoms with Crippen molar-refractivity contribution < 1.29 is 14.8 Å². The van der Waals surface area contributed by atoms with Gasteiger partial charge < -0.3 is 15.4 Å². The van der Waals surface area contributed by atoms with E-state index in [9.17, 15) is 4.79 Å². The van der Waals surface area contributed by atoms with Crippen LogP contribution >= 0.6 is 11.6 Å². The second-order valence-corrected chi connectivity index (χ2v) is 5.95. The zero-order chi connectivity index (χ0) is 16.8. The number of carbonyl (C=O) groups is 1. The van der Waals surface area contributed by atoms with Crippen LogP contribution in [0.2, 0.25) is 5.02 Å². The number of rotatable bonds is 6. The molecule has 0 aliphatic carbocycles. The van der Waals surface area contributed by atoms with Crippen molar-refractivity contribution in [2.24, 2.45) is 0 Å². The molecule has 0 aliphatic heterocycles. The van der Waals surface area contributed by atoms with Crippen molar-refractivity contribution in [3.05, 3.63) is 59.1 Å². The monoisotopic (exact) mass is 333 g/mol. The van der Waals surface area contributed by atoms with Gasteiger partial charge in [0.15, 0.2) is 6.04 Å². The van der Waals surface area contributed by atoms with Gasteiger partial charge in [-0.25, -0.2) is 0 Å². The van der Waals surface area contributed by atoms with Crippen molar-refractivity contribution in [2.75, 3.05) is 12.4 Å². The fraction of sp³-hybridized carbons (Fsp3) is 0.278. The summed E-state index contributed by atoms with van der Waals surface area (Å²) in [5.41, 5.74) is 1.77. The molecule has 0 radical (unpaired) electrons. The molecule has 0 heterocycles. The van der Waals surface area contributed by atoms with E-state index in [1.165, 1.54) is 5.56 Å². The van der Waals surface area contributed by atoms with Crippen molar-refractivity contribution in [3.8, 4) is 5.75 Å². The van der Waals surface area contributed by atoms with Crippen LogP contribution in [0.1, 0.15) is 25.5 Å². The number of methoxy groups -OCH3 is 1. The highest BCUT2D eigenvalue weighted by atomic mass is 35.5. The summed E-state index contributed by atoms with van der Waals surface area (Å²) in [4.78, 5) is 12.4. The van der Waals surface area contributed by atoms with E-state index in [2.05, 4.69) is 24.4 Å². The van der Waals surface area contributed by atoms with Crippen LogP contribution in [0.4, 0.5) is 5.69 Å². The molecule has 23 heavy (non-hydrogen) atoms. The molecule has 2 rings (SSSR count). The summed E-state index contributed by atoms with van der Waals surface area (Å²) in [6, 6.07) is 15.2. The first-order chi connectivity index (χ1) is 11.0. The first kappa shape index (κ1) is 17.3. The first-order valence-electron chi connectivity index (χ1n) is 7.55. The SMILES string of the molecule is COc1ccc(Cl)cc1NC(=O)[C@@H](C)[NH2+][C@H](C)c1ccccc1. The van der Waals surface area contributed by atoms with E-state index in [0.29, 0.717) is 16.5 Å². The van der Waals surface area contributed by atoms with E-state index in [4.69, 9.17) is 16.3 Å². The number of quaternary nitrogens is 1. The summed E-state index contributed by atoms with van der Waals surface area (Å²) in [5.74, 6) is 0.499. The van der Waals surface area contributed by atoms with Crippen LogP contribution in [0.3, 0.4) is 0 Å². The Balaban J connectivity index is 2.02. The Morgan fingerprint density at radius 2 is 1.87 bits per heavy atom. The Morgan fingerprint density at radius 3 is 2.52 bits per heavy atom. The molecule has 5 heteroatoms. The van der Waals surface area contributed by atoms with Gasteiger partial charge in [-0.15, -0.1) is 0 Å². The molecule has 0 fully saturated rings. The van der Waals surface area contributed by atoms with Gasteiger partial charge in [0.25, 0.3) is 5.91 Å². The number of nitrogens with one attached hydrogen (secondary N) is 1.